The van der Waals surface area contributed by atoms with Crippen LogP contribution in [0.5, 0.6) is 0 Å². The third-order valence-corrected chi connectivity index (χ3v) is 2.53. The van der Waals surface area contributed by atoms with Crippen LogP contribution in [-0.4, -0.2) is 9.97 Å². The van der Waals surface area contributed by atoms with Gasteiger partial charge < -0.3 is 0 Å². The lowest BCUT2D eigenvalue weighted by atomic mass is 10.0. The fourth-order valence-electron chi connectivity index (χ4n) is 1.81. The first kappa shape index (κ1) is 11.1. The third-order valence-electron chi connectivity index (χ3n) is 2.32. The number of nitrogens with zero attached hydrogens (tertiary/aromatic N) is 2. The summed E-state index contributed by atoms with van der Waals surface area (Å²) in [6.07, 6.45) is 2.41. The summed E-state index contributed by atoms with van der Waals surface area (Å²) in [6, 6.07) is 8.14. The minimum atomic E-state index is 0.495. The van der Waals surface area contributed by atoms with Crippen molar-refractivity contribution < 1.29 is 0 Å². The summed E-state index contributed by atoms with van der Waals surface area (Å²) in [5, 5.41) is 0.495. The van der Waals surface area contributed by atoms with Gasteiger partial charge in [0.2, 0.25) is 0 Å². The van der Waals surface area contributed by atoms with Crippen molar-refractivity contribution in [3.63, 3.8) is 0 Å². The van der Waals surface area contributed by atoms with Gasteiger partial charge in [-0.2, -0.15) is 0 Å². The van der Waals surface area contributed by atoms with Crippen molar-refractivity contribution in [1.82, 2.24) is 9.97 Å². The van der Waals surface area contributed by atoms with E-state index in [-0.39, 0.29) is 0 Å². The maximum Gasteiger partial charge on any atom is 0.134 e. The van der Waals surface area contributed by atoms with E-state index >= 15 is 0 Å². The summed E-state index contributed by atoms with van der Waals surface area (Å²) in [4.78, 5) is 8.38. The van der Waals surface area contributed by atoms with Crippen LogP contribution in [0.2, 0.25) is 5.15 Å². The Bertz CT molecular complexity index is 489. The van der Waals surface area contributed by atoms with Gasteiger partial charge in [0.1, 0.15) is 11.0 Å². The molecule has 0 spiro atoms. The predicted molar refractivity (Wildman–Crippen MR) is 65.8 cm³/mol. The lowest BCUT2D eigenvalue weighted by Gasteiger charge is -2.04. The summed E-state index contributed by atoms with van der Waals surface area (Å²) in [5.74, 6) is 0.762. The number of benzene rings is 1. The predicted octanol–water partition coefficient (Wildman–Crippen LogP) is 3.34. The average molecular weight is 233 g/mol. The van der Waals surface area contributed by atoms with Gasteiger partial charge in [-0.3, -0.25) is 0 Å². The van der Waals surface area contributed by atoms with Gasteiger partial charge in [-0.25, -0.2) is 9.97 Å². The van der Waals surface area contributed by atoms with Gasteiger partial charge in [0.05, 0.1) is 0 Å². The highest BCUT2D eigenvalue weighted by atomic mass is 35.5. The molecule has 82 valence electrons. The molecule has 1 heterocycles. The number of hydrogen-bond donors (Lipinski definition) is 0. The molecule has 0 amide bonds. The Kier molecular flexibility index (Phi) is 3.20. The molecule has 2 aromatic rings. The van der Waals surface area contributed by atoms with E-state index in [1.807, 2.05) is 0 Å². The van der Waals surface area contributed by atoms with Gasteiger partial charge >= 0.3 is 0 Å². The summed E-state index contributed by atoms with van der Waals surface area (Å²) < 4.78 is 0. The van der Waals surface area contributed by atoms with Gasteiger partial charge in [0.15, 0.2) is 0 Å². The molecular weight excluding hydrogens is 220 g/mol. The van der Waals surface area contributed by atoms with Crippen LogP contribution in [0.4, 0.5) is 0 Å². The highest BCUT2D eigenvalue weighted by molar-refractivity contribution is 6.29. The van der Waals surface area contributed by atoms with E-state index in [0.717, 1.165) is 12.2 Å². The van der Waals surface area contributed by atoms with Crippen molar-refractivity contribution in [3.8, 4) is 0 Å². The Hall–Kier alpha value is -1.41. The third kappa shape index (κ3) is 2.80. The Balaban J connectivity index is 2.27. The zero-order chi connectivity index (χ0) is 11.5. The van der Waals surface area contributed by atoms with Gasteiger partial charge in [-0.15, -0.1) is 0 Å². The van der Waals surface area contributed by atoms with Crippen LogP contribution in [0.25, 0.3) is 0 Å². The molecule has 0 aliphatic rings. The average Bonchev–Trinajstić information content (AvgIpc) is 2.15. The largest absolute Gasteiger partial charge is 0.241 e. The normalized spacial score (nSPS) is 10.4. The molecule has 0 atom stereocenters. The van der Waals surface area contributed by atoms with Gasteiger partial charge in [-0.05, 0) is 25.5 Å². The zero-order valence-corrected chi connectivity index (χ0v) is 10.1. The molecule has 0 N–H and O–H groups in total. The van der Waals surface area contributed by atoms with Crippen molar-refractivity contribution in [3.05, 3.63) is 58.1 Å². The Labute approximate surface area is 100 Å². The first-order valence-electron chi connectivity index (χ1n) is 5.18. The lowest BCUT2D eigenvalue weighted by molar-refractivity contribution is 0.965. The summed E-state index contributed by atoms with van der Waals surface area (Å²) in [6.45, 7) is 4.19. The van der Waals surface area contributed by atoms with Crippen LogP contribution >= 0.6 is 11.6 Å². The Morgan fingerprint density at radius 3 is 2.44 bits per heavy atom. The van der Waals surface area contributed by atoms with Crippen LogP contribution < -0.4 is 0 Å². The van der Waals surface area contributed by atoms with Crippen LogP contribution in [0.15, 0.2) is 30.5 Å². The monoisotopic (exact) mass is 232 g/mol. The van der Waals surface area contributed by atoms with E-state index in [1.54, 1.807) is 12.3 Å². The highest BCUT2D eigenvalue weighted by Gasteiger charge is 2.01. The lowest BCUT2D eigenvalue weighted by Crippen LogP contribution is -1.96. The van der Waals surface area contributed by atoms with Crippen LogP contribution in [0, 0.1) is 13.8 Å². The van der Waals surface area contributed by atoms with Gasteiger partial charge in [-0.1, -0.05) is 40.9 Å². The van der Waals surface area contributed by atoms with Crippen LogP contribution in [0.3, 0.4) is 0 Å². The molecule has 0 radical (unpaired) electrons. The van der Waals surface area contributed by atoms with Crippen molar-refractivity contribution in [2.45, 2.75) is 20.3 Å². The molecule has 16 heavy (non-hydrogen) atoms. The van der Waals surface area contributed by atoms with Crippen molar-refractivity contribution in [2.24, 2.45) is 0 Å². The number of hydrogen-bond acceptors (Lipinski definition) is 2. The highest BCUT2D eigenvalue weighted by Crippen LogP contribution is 2.12. The SMILES string of the molecule is Cc1cc(C)cc(Cc2nccc(Cl)n2)c1. The number of aromatic nitrogens is 2. The molecule has 0 bridgehead atoms. The van der Waals surface area contributed by atoms with Crippen LogP contribution in [0.1, 0.15) is 22.5 Å². The molecule has 2 nitrogen and oxygen atoms in total. The second kappa shape index (κ2) is 4.62. The zero-order valence-electron chi connectivity index (χ0n) is 9.37. The summed E-state index contributed by atoms with van der Waals surface area (Å²) in [7, 11) is 0. The number of aryl methyl sites for hydroxylation is 2. The van der Waals surface area contributed by atoms with E-state index in [2.05, 4.69) is 42.0 Å². The van der Waals surface area contributed by atoms with E-state index < -0.39 is 0 Å². The minimum absolute atomic E-state index is 0.495. The van der Waals surface area contributed by atoms with Crippen LogP contribution in [-0.2, 0) is 6.42 Å². The second-order valence-electron chi connectivity index (χ2n) is 3.97. The fraction of sp³-hybridized carbons (Fsp3) is 0.231. The van der Waals surface area contributed by atoms with Crippen molar-refractivity contribution in [1.29, 1.82) is 0 Å². The summed E-state index contributed by atoms with van der Waals surface area (Å²) in [5.41, 5.74) is 3.74. The van der Waals surface area contributed by atoms with Crippen molar-refractivity contribution in [2.75, 3.05) is 0 Å². The molecule has 3 heteroatoms. The Morgan fingerprint density at radius 2 is 1.81 bits per heavy atom. The molecule has 0 saturated heterocycles. The molecule has 1 aromatic heterocycles. The van der Waals surface area contributed by atoms with E-state index in [4.69, 9.17) is 11.6 Å². The standard InChI is InChI=1S/C13H13ClN2/c1-9-5-10(2)7-11(6-9)8-13-15-4-3-12(14)16-13/h3-7H,8H2,1-2H3. The molecule has 0 unspecified atom stereocenters. The fourth-order valence-corrected chi connectivity index (χ4v) is 1.97. The first-order chi connectivity index (χ1) is 7.63. The quantitative estimate of drug-likeness (QED) is 0.743. The van der Waals surface area contributed by atoms with E-state index in [9.17, 15) is 0 Å². The van der Waals surface area contributed by atoms with Gasteiger partial charge in [0, 0.05) is 12.6 Å². The van der Waals surface area contributed by atoms with E-state index in [1.165, 1.54) is 16.7 Å². The molecule has 1 aromatic carbocycles. The smallest absolute Gasteiger partial charge is 0.134 e. The van der Waals surface area contributed by atoms with E-state index in [0.29, 0.717) is 5.15 Å². The Morgan fingerprint density at radius 1 is 1.12 bits per heavy atom. The molecule has 0 saturated carbocycles. The maximum absolute atomic E-state index is 5.82. The molecule has 0 aliphatic carbocycles. The molecule has 0 fully saturated rings. The second-order valence-corrected chi connectivity index (χ2v) is 4.36. The number of rotatable bonds is 2. The van der Waals surface area contributed by atoms with Crippen molar-refractivity contribution >= 4 is 11.6 Å². The number of halogens is 1. The topological polar surface area (TPSA) is 25.8 Å². The van der Waals surface area contributed by atoms with Gasteiger partial charge in [0.25, 0.3) is 0 Å². The minimum Gasteiger partial charge on any atom is -0.241 e. The molecular formula is C13H13ClN2. The maximum atomic E-state index is 5.82. The molecule has 0 aliphatic heterocycles. The summed E-state index contributed by atoms with van der Waals surface area (Å²) >= 11 is 5.82. The first-order valence-corrected chi connectivity index (χ1v) is 5.56. The molecule has 2 rings (SSSR count).